The molecule has 3 aromatic rings. The van der Waals surface area contributed by atoms with Gasteiger partial charge in [-0.3, -0.25) is 4.79 Å². The van der Waals surface area contributed by atoms with Crippen LogP contribution in [-0.4, -0.2) is 50.0 Å². The van der Waals surface area contributed by atoms with Crippen LogP contribution in [0.15, 0.2) is 48.9 Å². The molecule has 2 atom stereocenters. The molecule has 1 aromatic carbocycles. The van der Waals surface area contributed by atoms with Crippen LogP contribution in [-0.2, 0) is 0 Å². The highest BCUT2D eigenvalue weighted by molar-refractivity contribution is 6.31. The zero-order valence-electron chi connectivity index (χ0n) is 16.4. The van der Waals surface area contributed by atoms with Crippen molar-refractivity contribution in [3.8, 4) is 11.6 Å². The van der Waals surface area contributed by atoms with Gasteiger partial charge in [0.25, 0.3) is 5.91 Å². The largest absolute Gasteiger partial charge is 0.477 e. The summed E-state index contributed by atoms with van der Waals surface area (Å²) in [6.45, 7) is 2.98. The minimum atomic E-state index is -0.408. The number of hydrogen-bond donors (Lipinski definition) is 0. The number of likely N-dealkylation sites (tertiary alicyclic amines) is 1. The highest BCUT2D eigenvalue weighted by Gasteiger charge is 2.31. The molecule has 30 heavy (non-hydrogen) atoms. The number of carbonyl (C=O) groups is 1. The van der Waals surface area contributed by atoms with Gasteiger partial charge in [-0.2, -0.15) is 15.0 Å². The van der Waals surface area contributed by atoms with Crippen LogP contribution in [0, 0.1) is 11.7 Å². The molecule has 0 aliphatic carbocycles. The first-order valence-corrected chi connectivity index (χ1v) is 10.1. The van der Waals surface area contributed by atoms with E-state index in [2.05, 4.69) is 15.2 Å². The molecule has 1 aliphatic heterocycles. The van der Waals surface area contributed by atoms with Gasteiger partial charge < -0.3 is 9.64 Å². The van der Waals surface area contributed by atoms with Crippen molar-refractivity contribution >= 4 is 17.5 Å². The lowest BCUT2D eigenvalue weighted by molar-refractivity contribution is 0.0502. The first-order valence-electron chi connectivity index (χ1n) is 9.73. The van der Waals surface area contributed by atoms with Crippen LogP contribution in [0.3, 0.4) is 0 Å². The molecule has 0 N–H and O–H groups in total. The van der Waals surface area contributed by atoms with Crippen LogP contribution >= 0.6 is 11.6 Å². The normalized spacial score (nSPS) is 19.0. The summed E-state index contributed by atoms with van der Waals surface area (Å²) in [6, 6.07) is 7.99. The average molecular weight is 430 g/mol. The van der Waals surface area contributed by atoms with Crippen LogP contribution in [0.4, 0.5) is 4.39 Å². The second-order valence-corrected chi connectivity index (χ2v) is 7.79. The molecule has 0 unspecified atom stereocenters. The number of carbonyl (C=O) groups excluding carboxylic acids is 1. The zero-order valence-corrected chi connectivity index (χ0v) is 17.2. The summed E-state index contributed by atoms with van der Waals surface area (Å²) in [5, 5.41) is 8.76. The fourth-order valence-electron chi connectivity index (χ4n) is 3.60. The number of halogens is 2. The molecular formula is C21H21ClFN5O2. The monoisotopic (exact) mass is 429 g/mol. The molecule has 0 bridgehead atoms. The second kappa shape index (κ2) is 8.79. The molecule has 0 radical (unpaired) electrons. The Kier molecular flexibility index (Phi) is 5.94. The van der Waals surface area contributed by atoms with E-state index >= 15 is 0 Å². The number of benzene rings is 1. The third kappa shape index (κ3) is 4.43. The van der Waals surface area contributed by atoms with Crippen molar-refractivity contribution in [1.82, 2.24) is 24.9 Å². The quantitative estimate of drug-likeness (QED) is 0.617. The van der Waals surface area contributed by atoms with Crippen molar-refractivity contribution in [3.05, 3.63) is 65.3 Å². The molecule has 1 amide bonds. The highest BCUT2D eigenvalue weighted by atomic mass is 35.5. The number of ether oxygens (including phenoxy) is 1. The first-order chi connectivity index (χ1) is 14.5. The van der Waals surface area contributed by atoms with Gasteiger partial charge in [0.05, 0.1) is 36.4 Å². The number of nitrogens with zero attached hydrogens (tertiary/aromatic N) is 5. The van der Waals surface area contributed by atoms with E-state index in [9.17, 15) is 9.18 Å². The number of piperidine rings is 1. The lowest BCUT2D eigenvalue weighted by atomic mass is 9.93. The Morgan fingerprint density at radius 3 is 2.77 bits per heavy atom. The number of amides is 1. The number of rotatable bonds is 5. The Balaban J connectivity index is 1.50. The van der Waals surface area contributed by atoms with Gasteiger partial charge in [0.1, 0.15) is 5.82 Å². The van der Waals surface area contributed by atoms with E-state index < -0.39 is 5.82 Å². The topological polar surface area (TPSA) is 73.1 Å². The van der Waals surface area contributed by atoms with Crippen molar-refractivity contribution in [2.24, 2.45) is 5.92 Å². The maximum absolute atomic E-state index is 13.4. The fraction of sp³-hybridized carbons (Fsp3) is 0.333. The van der Waals surface area contributed by atoms with E-state index in [0.717, 1.165) is 19.0 Å². The van der Waals surface area contributed by atoms with Gasteiger partial charge in [0.15, 0.2) is 0 Å². The predicted molar refractivity (Wildman–Crippen MR) is 109 cm³/mol. The van der Waals surface area contributed by atoms with Gasteiger partial charge in [0, 0.05) is 29.6 Å². The standard InChI is InChI=1S/C21H21ClFN5O2/c1-14-2-3-15(13-30-20-7-5-17(23)11-24-20)12-27(14)21(29)18-10-16(22)4-6-19(18)28-25-8-9-26-28/h4-11,14-15H,2-3,12-13H2,1H3/t14-,15-/m1/s1. The summed E-state index contributed by atoms with van der Waals surface area (Å²) >= 11 is 6.18. The molecule has 7 nitrogen and oxygen atoms in total. The van der Waals surface area contributed by atoms with Gasteiger partial charge in [-0.1, -0.05) is 11.6 Å². The van der Waals surface area contributed by atoms with Gasteiger partial charge in [-0.05, 0) is 44.0 Å². The first kappa shape index (κ1) is 20.3. The minimum Gasteiger partial charge on any atom is -0.477 e. The van der Waals surface area contributed by atoms with Crippen molar-refractivity contribution < 1.29 is 13.9 Å². The van der Waals surface area contributed by atoms with E-state index in [1.54, 1.807) is 30.6 Å². The molecule has 1 fully saturated rings. The van der Waals surface area contributed by atoms with E-state index in [4.69, 9.17) is 16.3 Å². The van der Waals surface area contributed by atoms with Crippen molar-refractivity contribution in [1.29, 1.82) is 0 Å². The van der Waals surface area contributed by atoms with Crippen molar-refractivity contribution in [3.63, 3.8) is 0 Å². The van der Waals surface area contributed by atoms with Crippen LogP contribution in [0.5, 0.6) is 5.88 Å². The molecule has 0 saturated carbocycles. The predicted octanol–water partition coefficient (Wildman–Crippen LogP) is 3.77. The summed E-state index contributed by atoms with van der Waals surface area (Å²) < 4.78 is 18.7. The van der Waals surface area contributed by atoms with Crippen LogP contribution in [0.25, 0.3) is 5.69 Å². The molecule has 2 aromatic heterocycles. The second-order valence-electron chi connectivity index (χ2n) is 7.36. The molecule has 3 heterocycles. The SMILES string of the molecule is C[C@@H]1CC[C@@H](COc2ccc(F)cn2)CN1C(=O)c1cc(Cl)ccc1-n1nccn1. The Morgan fingerprint density at radius 1 is 1.23 bits per heavy atom. The van der Waals surface area contributed by atoms with Crippen LogP contribution < -0.4 is 4.74 Å². The molecular weight excluding hydrogens is 409 g/mol. The fourth-order valence-corrected chi connectivity index (χ4v) is 3.77. The maximum Gasteiger partial charge on any atom is 0.256 e. The number of hydrogen-bond acceptors (Lipinski definition) is 5. The van der Waals surface area contributed by atoms with Gasteiger partial charge in [0.2, 0.25) is 5.88 Å². The van der Waals surface area contributed by atoms with E-state index in [0.29, 0.717) is 35.3 Å². The summed E-state index contributed by atoms with van der Waals surface area (Å²) in [6.07, 6.45) is 6.02. The lowest BCUT2D eigenvalue weighted by Crippen LogP contribution is -2.47. The third-order valence-electron chi connectivity index (χ3n) is 5.23. The number of aromatic nitrogens is 4. The molecule has 1 saturated heterocycles. The summed E-state index contributed by atoms with van der Waals surface area (Å²) in [5.74, 6) is -0.0197. The molecule has 9 heteroatoms. The lowest BCUT2D eigenvalue weighted by Gasteiger charge is -2.38. The smallest absolute Gasteiger partial charge is 0.256 e. The summed E-state index contributed by atoms with van der Waals surface area (Å²) in [7, 11) is 0. The maximum atomic E-state index is 13.4. The highest BCUT2D eigenvalue weighted by Crippen LogP contribution is 2.27. The van der Waals surface area contributed by atoms with Crippen molar-refractivity contribution in [2.45, 2.75) is 25.8 Å². The van der Waals surface area contributed by atoms with E-state index in [1.165, 1.54) is 16.9 Å². The molecule has 1 aliphatic rings. The Labute approximate surface area is 178 Å². The average Bonchev–Trinajstić information content (AvgIpc) is 3.28. The Morgan fingerprint density at radius 2 is 2.03 bits per heavy atom. The van der Waals surface area contributed by atoms with Crippen LogP contribution in [0.2, 0.25) is 5.02 Å². The third-order valence-corrected chi connectivity index (χ3v) is 5.47. The zero-order chi connectivity index (χ0) is 21.1. The number of pyridine rings is 1. The Bertz CT molecular complexity index is 1010. The van der Waals surface area contributed by atoms with E-state index in [-0.39, 0.29) is 17.9 Å². The molecule has 156 valence electrons. The van der Waals surface area contributed by atoms with Crippen LogP contribution in [0.1, 0.15) is 30.1 Å². The summed E-state index contributed by atoms with van der Waals surface area (Å²) in [4.78, 5) is 20.6. The van der Waals surface area contributed by atoms with Gasteiger partial charge in [-0.25, -0.2) is 9.37 Å². The summed E-state index contributed by atoms with van der Waals surface area (Å²) in [5.41, 5.74) is 1.03. The Hall–Kier alpha value is -3.00. The van der Waals surface area contributed by atoms with Gasteiger partial charge >= 0.3 is 0 Å². The minimum absolute atomic E-state index is 0.0788. The van der Waals surface area contributed by atoms with Gasteiger partial charge in [-0.15, -0.1) is 0 Å². The van der Waals surface area contributed by atoms with Crippen molar-refractivity contribution in [2.75, 3.05) is 13.2 Å². The van der Waals surface area contributed by atoms with E-state index in [1.807, 2.05) is 11.8 Å². The molecule has 0 spiro atoms. The molecule has 4 rings (SSSR count).